The van der Waals surface area contributed by atoms with Crippen LogP contribution in [-0.2, 0) is 7.05 Å². The van der Waals surface area contributed by atoms with Gasteiger partial charge in [0.15, 0.2) is 5.69 Å². The molecule has 1 amide bonds. The van der Waals surface area contributed by atoms with Gasteiger partial charge in [0.1, 0.15) is 0 Å². The van der Waals surface area contributed by atoms with Crippen molar-refractivity contribution in [3.63, 3.8) is 0 Å². The molecule has 0 aromatic carbocycles. The molecule has 0 aliphatic rings. The highest BCUT2D eigenvalue weighted by Crippen LogP contribution is 2.18. The summed E-state index contributed by atoms with van der Waals surface area (Å²) in [6, 6.07) is 0. The van der Waals surface area contributed by atoms with Crippen LogP contribution in [0.3, 0.4) is 0 Å². The van der Waals surface area contributed by atoms with Crippen molar-refractivity contribution in [1.29, 1.82) is 0 Å². The zero-order valence-corrected chi connectivity index (χ0v) is 10.5. The molecule has 1 aromatic rings. The third kappa shape index (κ3) is 3.74. The number of amides is 1. The van der Waals surface area contributed by atoms with Gasteiger partial charge in [0, 0.05) is 26.4 Å². The highest BCUT2D eigenvalue weighted by molar-refractivity contribution is 5.96. The lowest BCUT2D eigenvalue weighted by Crippen LogP contribution is -2.35. The number of aromatic nitrogens is 2. The molecule has 17 heavy (non-hydrogen) atoms. The second-order valence-corrected chi connectivity index (χ2v) is 4.93. The molecule has 0 unspecified atom stereocenters. The molecule has 1 aromatic heterocycles. The number of rotatable bonds is 5. The minimum absolute atomic E-state index is 0.106. The summed E-state index contributed by atoms with van der Waals surface area (Å²) >= 11 is 0. The number of carbonyl (C=O) groups is 1. The van der Waals surface area contributed by atoms with E-state index in [1.165, 1.54) is 4.68 Å². The molecule has 6 heteroatoms. The Labute approximate surface area is 101 Å². The lowest BCUT2D eigenvalue weighted by atomic mass is 9.90. The smallest absolute Gasteiger partial charge is 0.273 e. The second kappa shape index (κ2) is 5.18. The Hall–Kier alpha value is -1.56. The molecular weight excluding hydrogens is 220 g/mol. The van der Waals surface area contributed by atoms with E-state index in [0.29, 0.717) is 18.7 Å². The van der Waals surface area contributed by atoms with Crippen LogP contribution < -0.4 is 11.1 Å². The first-order valence-corrected chi connectivity index (χ1v) is 5.54. The van der Waals surface area contributed by atoms with Crippen LogP contribution in [0.4, 0.5) is 5.69 Å². The van der Waals surface area contributed by atoms with Gasteiger partial charge in [0.2, 0.25) is 0 Å². The van der Waals surface area contributed by atoms with E-state index in [1.807, 2.05) is 13.8 Å². The molecule has 0 atom stereocenters. The number of nitrogens with zero attached hydrogens (tertiary/aromatic N) is 2. The third-order valence-corrected chi connectivity index (χ3v) is 2.59. The number of aryl methyl sites for hydroxylation is 1. The summed E-state index contributed by atoms with van der Waals surface area (Å²) in [4.78, 5) is 11.8. The number of aliphatic hydroxyl groups is 1. The molecule has 0 spiro atoms. The number of nitrogen functional groups attached to an aromatic ring is 1. The van der Waals surface area contributed by atoms with Crippen molar-refractivity contribution < 1.29 is 9.90 Å². The van der Waals surface area contributed by atoms with Gasteiger partial charge >= 0.3 is 0 Å². The first kappa shape index (κ1) is 13.5. The van der Waals surface area contributed by atoms with E-state index in [9.17, 15) is 4.79 Å². The van der Waals surface area contributed by atoms with Gasteiger partial charge in [-0.25, -0.2) is 0 Å². The minimum Gasteiger partial charge on any atom is -0.396 e. The maximum Gasteiger partial charge on any atom is 0.273 e. The summed E-state index contributed by atoms with van der Waals surface area (Å²) in [6.07, 6.45) is 2.22. The van der Waals surface area contributed by atoms with E-state index in [0.717, 1.165) is 0 Å². The van der Waals surface area contributed by atoms with Crippen LogP contribution in [-0.4, -0.2) is 33.9 Å². The van der Waals surface area contributed by atoms with Crippen molar-refractivity contribution in [3.8, 4) is 0 Å². The predicted octanol–water partition coefficient (Wildman–Crippen LogP) is 0.141. The summed E-state index contributed by atoms with van der Waals surface area (Å²) < 4.78 is 1.50. The fraction of sp³-hybridized carbons (Fsp3) is 0.636. The fourth-order valence-corrected chi connectivity index (χ4v) is 1.48. The number of nitrogens with two attached hydrogens (primary N) is 1. The minimum atomic E-state index is -0.283. The molecule has 0 radical (unpaired) electrons. The predicted molar refractivity (Wildman–Crippen MR) is 65.4 cm³/mol. The molecule has 0 saturated heterocycles. The van der Waals surface area contributed by atoms with Crippen LogP contribution in [0.2, 0.25) is 0 Å². The van der Waals surface area contributed by atoms with E-state index in [4.69, 9.17) is 10.8 Å². The summed E-state index contributed by atoms with van der Waals surface area (Å²) in [5, 5.41) is 15.6. The Kier molecular flexibility index (Phi) is 4.11. The van der Waals surface area contributed by atoms with Gasteiger partial charge in [0.25, 0.3) is 5.91 Å². The Morgan fingerprint density at radius 1 is 1.65 bits per heavy atom. The first-order valence-electron chi connectivity index (χ1n) is 5.54. The maximum atomic E-state index is 11.8. The fourth-order valence-electron chi connectivity index (χ4n) is 1.48. The number of anilines is 1. The maximum absolute atomic E-state index is 11.8. The quantitative estimate of drug-likeness (QED) is 0.682. The average Bonchev–Trinajstić information content (AvgIpc) is 2.54. The van der Waals surface area contributed by atoms with Crippen molar-refractivity contribution in [3.05, 3.63) is 11.9 Å². The summed E-state index contributed by atoms with van der Waals surface area (Å²) in [5.74, 6) is -0.283. The molecule has 0 fully saturated rings. The lowest BCUT2D eigenvalue weighted by molar-refractivity contribution is 0.0923. The van der Waals surface area contributed by atoms with Crippen LogP contribution in [0.5, 0.6) is 0 Å². The van der Waals surface area contributed by atoms with Crippen LogP contribution in [0.1, 0.15) is 30.8 Å². The largest absolute Gasteiger partial charge is 0.396 e. The van der Waals surface area contributed by atoms with Gasteiger partial charge in [-0.2, -0.15) is 5.10 Å². The van der Waals surface area contributed by atoms with Crippen molar-refractivity contribution in [2.24, 2.45) is 12.5 Å². The monoisotopic (exact) mass is 240 g/mol. The van der Waals surface area contributed by atoms with Crippen LogP contribution in [0.15, 0.2) is 6.20 Å². The molecule has 0 bridgehead atoms. The highest BCUT2D eigenvalue weighted by atomic mass is 16.3. The van der Waals surface area contributed by atoms with E-state index < -0.39 is 0 Å². The van der Waals surface area contributed by atoms with Crippen LogP contribution in [0.25, 0.3) is 0 Å². The highest BCUT2D eigenvalue weighted by Gasteiger charge is 2.20. The molecule has 6 nitrogen and oxygen atoms in total. The molecule has 4 N–H and O–H groups in total. The normalized spacial score (nSPS) is 11.5. The van der Waals surface area contributed by atoms with Gasteiger partial charge in [-0.05, 0) is 11.8 Å². The molecule has 1 rings (SSSR count). The van der Waals surface area contributed by atoms with Crippen molar-refractivity contribution in [2.45, 2.75) is 20.3 Å². The number of hydrogen-bond acceptors (Lipinski definition) is 4. The van der Waals surface area contributed by atoms with E-state index >= 15 is 0 Å². The Morgan fingerprint density at radius 3 is 2.76 bits per heavy atom. The molecule has 0 aliphatic heterocycles. The van der Waals surface area contributed by atoms with Crippen molar-refractivity contribution >= 4 is 11.6 Å². The SMILES string of the molecule is Cn1cc(N)c(C(=O)NCC(C)(C)CCO)n1. The van der Waals surface area contributed by atoms with Crippen molar-refractivity contribution in [2.75, 3.05) is 18.9 Å². The number of aliphatic hydroxyl groups excluding tert-OH is 1. The average molecular weight is 240 g/mol. The molecule has 0 saturated carbocycles. The molecule has 0 aliphatic carbocycles. The van der Waals surface area contributed by atoms with Gasteiger partial charge in [-0.3, -0.25) is 9.48 Å². The third-order valence-electron chi connectivity index (χ3n) is 2.59. The summed E-state index contributed by atoms with van der Waals surface area (Å²) in [5.41, 5.74) is 6.12. The second-order valence-electron chi connectivity index (χ2n) is 4.93. The van der Waals surface area contributed by atoms with Gasteiger partial charge in [0.05, 0.1) is 5.69 Å². The standard InChI is InChI=1S/C11H20N4O2/c1-11(2,4-5-16)7-13-10(17)9-8(12)6-15(3)14-9/h6,16H,4-5,7,12H2,1-3H3,(H,13,17). The number of carbonyl (C=O) groups excluding carboxylic acids is 1. The Balaban J connectivity index is 2.59. The Morgan fingerprint density at radius 2 is 2.29 bits per heavy atom. The summed E-state index contributed by atoms with van der Waals surface area (Å²) in [6.45, 7) is 4.54. The number of nitrogens with one attached hydrogen (secondary N) is 1. The van der Waals surface area contributed by atoms with Crippen LogP contribution in [0, 0.1) is 5.41 Å². The summed E-state index contributed by atoms with van der Waals surface area (Å²) in [7, 11) is 1.71. The zero-order valence-electron chi connectivity index (χ0n) is 10.5. The van der Waals surface area contributed by atoms with E-state index in [1.54, 1.807) is 13.2 Å². The lowest BCUT2D eigenvalue weighted by Gasteiger charge is -2.23. The van der Waals surface area contributed by atoms with Crippen LogP contribution >= 0.6 is 0 Å². The van der Waals surface area contributed by atoms with Crippen molar-refractivity contribution in [1.82, 2.24) is 15.1 Å². The van der Waals surface area contributed by atoms with E-state index in [2.05, 4.69) is 10.4 Å². The Bertz CT molecular complexity index is 398. The molecular formula is C11H20N4O2. The first-order chi connectivity index (χ1) is 7.85. The zero-order chi connectivity index (χ0) is 13.1. The van der Waals surface area contributed by atoms with E-state index in [-0.39, 0.29) is 23.6 Å². The molecule has 1 heterocycles. The van der Waals surface area contributed by atoms with Gasteiger partial charge in [-0.1, -0.05) is 13.8 Å². The van der Waals surface area contributed by atoms with Gasteiger partial charge < -0.3 is 16.2 Å². The number of hydrogen-bond donors (Lipinski definition) is 3. The van der Waals surface area contributed by atoms with Gasteiger partial charge in [-0.15, -0.1) is 0 Å². The molecule has 96 valence electrons. The topological polar surface area (TPSA) is 93.2 Å².